The highest BCUT2D eigenvalue weighted by molar-refractivity contribution is 4.63. The lowest BCUT2D eigenvalue weighted by molar-refractivity contribution is 0.0384. The van der Waals surface area contributed by atoms with Gasteiger partial charge in [-0.2, -0.15) is 0 Å². The van der Waals surface area contributed by atoms with Crippen molar-refractivity contribution in [1.29, 1.82) is 0 Å². The molecule has 3 aliphatic rings. The molecule has 26 heavy (non-hydrogen) atoms. The van der Waals surface area contributed by atoms with Crippen molar-refractivity contribution in [3.05, 3.63) is 0 Å². The molecule has 0 unspecified atom stereocenters. The van der Waals surface area contributed by atoms with E-state index in [0.717, 1.165) is 105 Å². The van der Waals surface area contributed by atoms with Crippen LogP contribution in [-0.2, 0) is 18.9 Å². The van der Waals surface area contributed by atoms with E-state index in [-0.39, 0.29) is 0 Å². The highest BCUT2D eigenvalue weighted by Gasteiger charge is 2.09. The lowest BCUT2D eigenvalue weighted by atomic mass is 10.4. The Morgan fingerprint density at radius 1 is 0.385 bits per heavy atom. The first-order valence-corrected chi connectivity index (χ1v) is 10.1. The van der Waals surface area contributed by atoms with E-state index in [1.54, 1.807) is 0 Å². The maximum atomic E-state index is 5.86. The van der Waals surface area contributed by atoms with E-state index in [0.29, 0.717) is 13.2 Å². The fourth-order valence-corrected chi connectivity index (χ4v) is 2.98. The van der Waals surface area contributed by atoms with Gasteiger partial charge in [0.2, 0.25) is 0 Å². The molecule has 0 aromatic carbocycles. The van der Waals surface area contributed by atoms with Crippen molar-refractivity contribution in [2.45, 2.75) is 0 Å². The van der Waals surface area contributed by atoms with Crippen molar-refractivity contribution >= 4 is 0 Å². The van der Waals surface area contributed by atoms with Gasteiger partial charge in [0, 0.05) is 65.4 Å². The van der Waals surface area contributed by atoms with Crippen molar-refractivity contribution in [3.63, 3.8) is 0 Å². The summed E-state index contributed by atoms with van der Waals surface area (Å²) in [5.41, 5.74) is 0. The first kappa shape index (κ1) is 22.0. The van der Waals surface area contributed by atoms with Crippen LogP contribution in [0.4, 0.5) is 0 Å². The molecule has 3 saturated heterocycles. The summed E-state index contributed by atoms with van der Waals surface area (Å²) in [6, 6.07) is 0. The standard InChI is InChI=1S/C18H38N4O4/c1-5-21-7-13-25-15-9-22(10-16-26-14-8-21)6-2-20-4-12-24-18-17-23-11-3-19-1/h19-20H,1-18H2. The van der Waals surface area contributed by atoms with Gasteiger partial charge in [-0.3, -0.25) is 9.80 Å². The number of hydrogen-bond donors (Lipinski definition) is 2. The maximum absolute atomic E-state index is 5.86. The van der Waals surface area contributed by atoms with Crippen LogP contribution in [0.5, 0.6) is 0 Å². The van der Waals surface area contributed by atoms with E-state index in [9.17, 15) is 0 Å². The predicted molar refractivity (Wildman–Crippen MR) is 102 cm³/mol. The van der Waals surface area contributed by atoms with Crippen LogP contribution in [-0.4, -0.2) is 128 Å². The molecular weight excluding hydrogens is 336 g/mol. The van der Waals surface area contributed by atoms with E-state index in [1.165, 1.54) is 0 Å². The smallest absolute Gasteiger partial charge is 0.0701 e. The van der Waals surface area contributed by atoms with E-state index >= 15 is 0 Å². The maximum Gasteiger partial charge on any atom is 0.0701 e. The molecule has 0 radical (unpaired) electrons. The lowest BCUT2D eigenvalue weighted by Crippen LogP contribution is -2.40. The molecule has 0 spiro atoms. The van der Waals surface area contributed by atoms with Gasteiger partial charge in [0.15, 0.2) is 0 Å². The Hall–Kier alpha value is -0.320. The topological polar surface area (TPSA) is 67.5 Å². The Labute approximate surface area is 158 Å². The highest BCUT2D eigenvalue weighted by atomic mass is 16.5. The summed E-state index contributed by atoms with van der Waals surface area (Å²) in [5.74, 6) is 0. The van der Waals surface area contributed by atoms with Crippen LogP contribution in [0.15, 0.2) is 0 Å². The third kappa shape index (κ3) is 11.4. The fraction of sp³-hybridized carbons (Fsp3) is 1.00. The van der Waals surface area contributed by atoms with Crippen molar-refractivity contribution in [2.24, 2.45) is 0 Å². The molecule has 0 atom stereocenters. The van der Waals surface area contributed by atoms with Crippen LogP contribution >= 0.6 is 0 Å². The molecule has 154 valence electrons. The number of rotatable bonds is 0. The van der Waals surface area contributed by atoms with Gasteiger partial charge in [0.25, 0.3) is 0 Å². The zero-order valence-corrected chi connectivity index (χ0v) is 16.3. The second kappa shape index (κ2) is 15.7. The molecule has 0 aromatic rings. The van der Waals surface area contributed by atoms with Crippen LogP contribution in [0.25, 0.3) is 0 Å². The van der Waals surface area contributed by atoms with Crippen LogP contribution in [0.1, 0.15) is 0 Å². The molecule has 3 aliphatic heterocycles. The van der Waals surface area contributed by atoms with Gasteiger partial charge in [-0.05, 0) is 0 Å². The summed E-state index contributed by atoms with van der Waals surface area (Å²) in [6.07, 6.45) is 0. The van der Waals surface area contributed by atoms with Gasteiger partial charge in [-0.15, -0.1) is 0 Å². The van der Waals surface area contributed by atoms with Crippen LogP contribution in [0, 0.1) is 0 Å². The predicted octanol–water partition coefficient (Wildman–Crippen LogP) is -1.14. The fourth-order valence-electron chi connectivity index (χ4n) is 2.98. The summed E-state index contributed by atoms with van der Waals surface area (Å²) < 4.78 is 22.9. The van der Waals surface area contributed by atoms with E-state index in [4.69, 9.17) is 18.9 Å². The number of nitrogens with zero attached hydrogens (tertiary/aromatic N) is 2. The quantitative estimate of drug-likeness (QED) is 0.516. The summed E-state index contributed by atoms with van der Waals surface area (Å²) >= 11 is 0. The average Bonchev–Trinajstić information content (AvgIpc) is 2.64. The molecular formula is C18H38N4O4. The van der Waals surface area contributed by atoms with Crippen LogP contribution in [0.3, 0.4) is 0 Å². The molecule has 3 fully saturated rings. The van der Waals surface area contributed by atoms with Gasteiger partial charge in [0.05, 0.1) is 52.9 Å². The van der Waals surface area contributed by atoms with Gasteiger partial charge in [-0.1, -0.05) is 0 Å². The normalized spacial score (nSPS) is 30.5. The number of ether oxygens (including phenoxy) is 4. The average molecular weight is 375 g/mol. The molecule has 8 nitrogen and oxygen atoms in total. The minimum absolute atomic E-state index is 0.663. The molecule has 2 bridgehead atoms. The molecule has 2 N–H and O–H groups in total. The third-order valence-electron chi connectivity index (χ3n) is 4.64. The minimum atomic E-state index is 0.663. The van der Waals surface area contributed by atoms with Crippen LogP contribution in [0.2, 0.25) is 0 Å². The lowest BCUT2D eigenvalue weighted by Gasteiger charge is -2.26. The van der Waals surface area contributed by atoms with Gasteiger partial charge >= 0.3 is 0 Å². The number of hydrogen-bond acceptors (Lipinski definition) is 8. The van der Waals surface area contributed by atoms with Gasteiger partial charge < -0.3 is 29.6 Å². The van der Waals surface area contributed by atoms with Crippen molar-refractivity contribution < 1.29 is 18.9 Å². The van der Waals surface area contributed by atoms with E-state index < -0.39 is 0 Å². The molecule has 0 amide bonds. The third-order valence-corrected chi connectivity index (χ3v) is 4.64. The van der Waals surface area contributed by atoms with Crippen molar-refractivity contribution in [3.8, 4) is 0 Å². The monoisotopic (exact) mass is 374 g/mol. The summed E-state index contributed by atoms with van der Waals surface area (Å²) in [5, 5.41) is 6.88. The molecule has 3 rings (SSSR count). The first-order valence-electron chi connectivity index (χ1n) is 10.1. The van der Waals surface area contributed by atoms with Crippen LogP contribution < -0.4 is 10.6 Å². The largest absolute Gasteiger partial charge is 0.379 e. The van der Waals surface area contributed by atoms with E-state index in [2.05, 4.69) is 20.4 Å². The Balaban J connectivity index is 1.77. The Morgan fingerprint density at radius 3 is 1.19 bits per heavy atom. The first-order chi connectivity index (χ1) is 12.9. The minimum Gasteiger partial charge on any atom is -0.379 e. The van der Waals surface area contributed by atoms with E-state index in [1.807, 2.05) is 0 Å². The molecule has 0 aliphatic carbocycles. The molecule has 8 heteroatoms. The molecule has 0 saturated carbocycles. The molecule has 0 aromatic heterocycles. The molecule has 3 heterocycles. The Bertz CT molecular complexity index is 278. The Kier molecular flexibility index (Phi) is 13.3. The second-order valence-electron chi connectivity index (χ2n) is 6.63. The van der Waals surface area contributed by atoms with Gasteiger partial charge in [0.1, 0.15) is 0 Å². The zero-order valence-electron chi connectivity index (χ0n) is 16.3. The highest BCUT2D eigenvalue weighted by Crippen LogP contribution is 1.95. The van der Waals surface area contributed by atoms with Crippen molar-refractivity contribution in [1.82, 2.24) is 20.4 Å². The summed E-state index contributed by atoms with van der Waals surface area (Å²) in [6.45, 7) is 15.4. The Morgan fingerprint density at radius 2 is 0.769 bits per heavy atom. The zero-order chi connectivity index (χ0) is 18.1. The van der Waals surface area contributed by atoms with Gasteiger partial charge in [-0.25, -0.2) is 0 Å². The SMILES string of the molecule is C1COCCOCCNCCN2CCOCCN(CCN1)CCOCC2. The van der Waals surface area contributed by atoms with Crippen molar-refractivity contribution in [2.75, 3.05) is 118 Å². The second-order valence-corrected chi connectivity index (χ2v) is 6.63. The summed E-state index contributed by atoms with van der Waals surface area (Å²) in [4.78, 5) is 4.82. The number of nitrogens with one attached hydrogen (secondary N) is 2. The summed E-state index contributed by atoms with van der Waals surface area (Å²) in [7, 11) is 0. The number of fused-ring (bicyclic) bond motifs is 21.